The van der Waals surface area contributed by atoms with Gasteiger partial charge in [-0.05, 0) is 36.6 Å². The van der Waals surface area contributed by atoms with Crippen molar-refractivity contribution in [2.75, 3.05) is 18.0 Å². The molecule has 0 radical (unpaired) electrons. The van der Waals surface area contributed by atoms with Crippen LogP contribution in [0.5, 0.6) is 0 Å². The molecule has 4 nitrogen and oxygen atoms in total. The molecule has 0 unspecified atom stereocenters. The number of hydrogen-bond donors (Lipinski definition) is 2. The second-order valence-corrected chi connectivity index (χ2v) is 4.76. The van der Waals surface area contributed by atoms with Gasteiger partial charge in [-0.15, -0.1) is 0 Å². The zero-order valence-electron chi connectivity index (χ0n) is 10.5. The molecule has 0 saturated carbocycles. The third-order valence-corrected chi connectivity index (χ3v) is 3.31. The first-order chi connectivity index (χ1) is 9.29. The van der Waals surface area contributed by atoms with E-state index in [0.717, 1.165) is 0 Å². The number of β-amino-alcohol motifs (C(OH)–C–C–N with tert-alkyl or cyclic N) is 1. The quantitative estimate of drug-likeness (QED) is 0.894. The number of aliphatic hydroxyl groups is 1. The lowest BCUT2D eigenvalue weighted by Gasteiger charge is -2.33. The van der Waals surface area contributed by atoms with E-state index in [4.69, 9.17) is 10.2 Å². The van der Waals surface area contributed by atoms with Crippen molar-refractivity contribution in [3.05, 3.63) is 29.3 Å². The van der Waals surface area contributed by atoms with Crippen LogP contribution in [0.25, 0.3) is 0 Å². The molecule has 1 aromatic rings. The van der Waals surface area contributed by atoms with Crippen LogP contribution in [0.1, 0.15) is 22.3 Å². The van der Waals surface area contributed by atoms with Crippen LogP contribution in [0.3, 0.4) is 0 Å². The number of aliphatic hydroxyl groups excluding tert-OH is 1. The van der Waals surface area contributed by atoms with E-state index >= 15 is 0 Å². The Kier molecular flexibility index (Phi) is 3.89. The van der Waals surface area contributed by atoms with E-state index in [1.165, 1.54) is 23.1 Å². The molecule has 0 amide bonds. The molecule has 1 atom stereocenters. The van der Waals surface area contributed by atoms with Crippen LogP contribution in [0.2, 0.25) is 0 Å². The number of aromatic carboxylic acids is 1. The fourth-order valence-corrected chi connectivity index (χ4v) is 2.31. The molecule has 0 aliphatic carbocycles. The maximum absolute atomic E-state index is 12.4. The summed E-state index contributed by atoms with van der Waals surface area (Å²) in [5.41, 5.74) is 1.37. The van der Waals surface area contributed by atoms with Gasteiger partial charge in [0.05, 0.1) is 12.1 Å². The zero-order chi connectivity index (χ0) is 14.9. The van der Waals surface area contributed by atoms with Crippen LogP contribution >= 0.6 is 0 Å². The number of carboxylic acid groups (broad SMARTS) is 1. The number of alkyl halides is 3. The highest BCUT2D eigenvalue weighted by Crippen LogP contribution is 2.30. The van der Waals surface area contributed by atoms with Gasteiger partial charge in [0.2, 0.25) is 0 Å². The summed E-state index contributed by atoms with van der Waals surface area (Å²) >= 11 is 0. The predicted molar refractivity (Wildman–Crippen MR) is 66.0 cm³/mol. The maximum atomic E-state index is 12.4. The Labute approximate surface area is 113 Å². The van der Waals surface area contributed by atoms with Crippen molar-refractivity contribution in [2.24, 2.45) is 0 Å². The summed E-state index contributed by atoms with van der Waals surface area (Å²) in [6.45, 7) is -0.129. The number of aryl methyl sites for hydroxylation is 1. The molecule has 110 valence electrons. The van der Waals surface area contributed by atoms with E-state index in [0.29, 0.717) is 30.6 Å². The van der Waals surface area contributed by atoms with Crippen molar-refractivity contribution >= 4 is 11.7 Å². The Balaban J connectivity index is 2.23. The van der Waals surface area contributed by atoms with Crippen LogP contribution in [-0.2, 0) is 6.42 Å². The minimum absolute atomic E-state index is 0.113. The van der Waals surface area contributed by atoms with Crippen LogP contribution in [0.4, 0.5) is 18.9 Å². The molecule has 1 aliphatic heterocycles. The second kappa shape index (κ2) is 5.32. The van der Waals surface area contributed by atoms with Crippen molar-refractivity contribution in [1.29, 1.82) is 0 Å². The fourth-order valence-electron chi connectivity index (χ4n) is 2.31. The SMILES string of the molecule is O=C(O)c1ccc2c(c1)CCCN2C[C@@H](O)C(F)(F)F. The van der Waals surface area contributed by atoms with E-state index in [9.17, 15) is 18.0 Å². The second-order valence-electron chi connectivity index (χ2n) is 4.76. The molecule has 0 saturated heterocycles. The number of benzene rings is 1. The molecule has 2 N–H and O–H groups in total. The average Bonchev–Trinajstić information content (AvgIpc) is 2.37. The van der Waals surface area contributed by atoms with Crippen molar-refractivity contribution in [3.8, 4) is 0 Å². The van der Waals surface area contributed by atoms with Gasteiger partial charge in [-0.25, -0.2) is 4.79 Å². The maximum Gasteiger partial charge on any atom is 0.416 e. The van der Waals surface area contributed by atoms with Gasteiger partial charge in [-0.2, -0.15) is 13.2 Å². The Hall–Kier alpha value is -1.76. The number of hydrogen-bond acceptors (Lipinski definition) is 3. The first-order valence-corrected chi connectivity index (χ1v) is 6.15. The van der Waals surface area contributed by atoms with Gasteiger partial charge >= 0.3 is 12.1 Å². The minimum atomic E-state index is -4.65. The molecule has 0 bridgehead atoms. The zero-order valence-corrected chi connectivity index (χ0v) is 10.5. The Bertz CT molecular complexity index is 516. The van der Waals surface area contributed by atoms with E-state index in [2.05, 4.69) is 0 Å². The van der Waals surface area contributed by atoms with Crippen molar-refractivity contribution in [1.82, 2.24) is 0 Å². The highest BCUT2D eigenvalue weighted by Gasteiger charge is 2.39. The number of rotatable bonds is 3. The summed E-state index contributed by atoms with van der Waals surface area (Å²) in [6.07, 6.45) is -5.82. The smallest absolute Gasteiger partial charge is 0.416 e. The number of carbonyl (C=O) groups is 1. The van der Waals surface area contributed by atoms with Gasteiger partial charge < -0.3 is 15.1 Å². The van der Waals surface area contributed by atoms with Crippen LogP contribution < -0.4 is 4.90 Å². The molecule has 7 heteroatoms. The van der Waals surface area contributed by atoms with Crippen LogP contribution in [0, 0.1) is 0 Å². The summed E-state index contributed by atoms with van der Waals surface area (Å²) in [4.78, 5) is 12.3. The summed E-state index contributed by atoms with van der Waals surface area (Å²) in [6, 6.07) is 4.34. The monoisotopic (exact) mass is 289 g/mol. The number of anilines is 1. The number of nitrogens with zero attached hydrogens (tertiary/aromatic N) is 1. The van der Waals surface area contributed by atoms with E-state index in [-0.39, 0.29) is 5.56 Å². The Morgan fingerprint density at radius 3 is 2.70 bits per heavy atom. The molecule has 20 heavy (non-hydrogen) atoms. The molecule has 1 heterocycles. The lowest BCUT2D eigenvalue weighted by molar-refractivity contribution is -0.200. The molecule has 1 aliphatic rings. The predicted octanol–water partition coefficient (Wildman–Crippen LogP) is 2.06. The average molecular weight is 289 g/mol. The number of halogens is 3. The lowest BCUT2D eigenvalue weighted by atomic mass is 9.99. The summed E-state index contributed by atoms with van der Waals surface area (Å²) in [5.74, 6) is -1.07. The van der Waals surface area contributed by atoms with Crippen molar-refractivity contribution in [2.45, 2.75) is 25.1 Å². The van der Waals surface area contributed by atoms with Gasteiger partial charge in [0, 0.05) is 12.2 Å². The van der Waals surface area contributed by atoms with E-state index in [1.807, 2.05) is 0 Å². The molecule has 1 aromatic carbocycles. The molecule has 0 aromatic heterocycles. The number of carboxylic acids is 1. The van der Waals surface area contributed by atoms with Gasteiger partial charge in [0.15, 0.2) is 6.10 Å². The third-order valence-electron chi connectivity index (χ3n) is 3.31. The molecular formula is C13H14F3NO3. The largest absolute Gasteiger partial charge is 0.478 e. The third kappa shape index (κ3) is 3.04. The van der Waals surface area contributed by atoms with Crippen molar-refractivity contribution in [3.63, 3.8) is 0 Å². The van der Waals surface area contributed by atoms with Gasteiger partial charge in [-0.3, -0.25) is 0 Å². The van der Waals surface area contributed by atoms with Gasteiger partial charge in [0.1, 0.15) is 0 Å². The minimum Gasteiger partial charge on any atom is -0.478 e. The van der Waals surface area contributed by atoms with Gasteiger partial charge in [0.25, 0.3) is 0 Å². The van der Waals surface area contributed by atoms with Crippen LogP contribution in [0.15, 0.2) is 18.2 Å². The fraction of sp³-hybridized carbons (Fsp3) is 0.462. The van der Waals surface area contributed by atoms with E-state index in [1.54, 1.807) is 0 Å². The lowest BCUT2D eigenvalue weighted by Crippen LogP contribution is -2.43. The Morgan fingerprint density at radius 2 is 2.10 bits per heavy atom. The molecule has 0 spiro atoms. The van der Waals surface area contributed by atoms with Crippen LogP contribution in [-0.4, -0.2) is 41.6 Å². The topological polar surface area (TPSA) is 60.8 Å². The first-order valence-electron chi connectivity index (χ1n) is 6.15. The summed E-state index contributed by atoms with van der Waals surface area (Å²) in [5, 5.41) is 18.0. The van der Waals surface area contributed by atoms with Gasteiger partial charge in [-0.1, -0.05) is 0 Å². The first kappa shape index (κ1) is 14.6. The Morgan fingerprint density at radius 1 is 1.40 bits per heavy atom. The molecule has 0 fully saturated rings. The highest BCUT2D eigenvalue weighted by molar-refractivity contribution is 5.88. The summed E-state index contributed by atoms with van der Waals surface area (Å²) < 4.78 is 37.2. The number of fused-ring (bicyclic) bond motifs is 1. The van der Waals surface area contributed by atoms with E-state index < -0.39 is 24.8 Å². The highest BCUT2D eigenvalue weighted by atomic mass is 19.4. The summed E-state index contributed by atoms with van der Waals surface area (Å²) in [7, 11) is 0. The molecule has 2 rings (SSSR count). The van der Waals surface area contributed by atoms with Crippen molar-refractivity contribution < 1.29 is 28.2 Å². The molecular weight excluding hydrogens is 275 g/mol. The normalized spacial score (nSPS) is 16.7. The standard InChI is InChI=1S/C13H14F3NO3/c14-13(15,16)11(18)7-17-5-1-2-8-6-9(12(19)20)3-4-10(8)17/h3-4,6,11,18H,1-2,5,7H2,(H,19,20)/t11-/m1/s1.